The molecule has 3 saturated heterocycles. The van der Waals surface area contributed by atoms with Crippen LogP contribution in [0.1, 0.15) is 85.3 Å². The molecule has 13 nitrogen and oxygen atoms in total. The van der Waals surface area contributed by atoms with Crippen LogP contribution in [0.3, 0.4) is 0 Å². The number of aromatic nitrogens is 1. The van der Waals surface area contributed by atoms with Crippen molar-refractivity contribution in [2.45, 2.75) is 88.4 Å². The molecule has 1 aliphatic carbocycles. The van der Waals surface area contributed by atoms with Crippen molar-refractivity contribution in [2.75, 3.05) is 19.7 Å². The van der Waals surface area contributed by atoms with Gasteiger partial charge in [-0.2, -0.15) is 0 Å². The van der Waals surface area contributed by atoms with Crippen LogP contribution in [0.15, 0.2) is 71.5 Å². The van der Waals surface area contributed by atoms with Crippen molar-refractivity contribution in [3.05, 3.63) is 83.4 Å². The van der Waals surface area contributed by atoms with Crippen molar-refractivity contribution < 1.29 is 41.8 Å². The van der Waals surface area contributed by atoms with E-state index in [0.29, 0.717) is 65.0 Å². The molecule has 0 spiro atoms. The van der Waals surface area contributed by atoms with Gasteiger partial charge in [0.15, 0.2) is 0 Å². The maximum Gasteiger partial charge on any atom is 0.355 e. The number of nitrogens with zero attached hydrogens (tertiary/aromatic N) is 3. The van der Waals surface area contributed by atoms with Gasteiger partial charge in [0.1, 0.15) is 30.1 Å². The molecule has 2 N–H and O–H groups in total. The number of hydrogen-bond donors (Lipinski definition) is 2. The zero-order valence-corrected chi connectivity index (χ0v) is 32.9. The van der Waals surface area contributed by atoms with E-state index in [1.807, 2.05) is 6.92 Å². The van der Waals surface area contributed by atoms with E-state index < -0.39 is 43.4 Å². The van der Waals surface area contributed by atoms with Crippen molar-refractivity contribution >= 4 is 52.6 Å². The number of alkyl halides is 1. The molecule has 0 radical (unpaired) electrons. The van der Waals surface area contributed by atoms with Crippen molar-refractivity contribution in [3.63, 3.8) is 0 Å². The number of esters is 1. The molecule has 2 aromatic carbocycles. The predicted octanol–water partition coefficient (Wildman–Crippen LogP) is 6.57. The Morgan fingerprint density at radius 3 is 2.61 bits per heavy atom. The molecule has 8 atom stereocenters. The molecule has 296 valence electrons. The molecule has 2 unspecified atom stereocenters. The van der Waals surface area contributed by atoms with Gasteiger partial charge in [0.05, 0.1) is 23.6 Å². The highest BCUT2D eigenvalue weighted by Crippen LogP contribution is 2.58. The fraction of sp³-hybridized carbons (Fsp3) is 0.475. The number of halogens is 1. The van der Waals surface area contributed by atoms with E-state index in [9.17, 15) is 23.7 Å². The molecule has 5 heterocycles. The van der Waals surface area contributed by atoms with Gasteiger partial charge in [-0.25, -0.2) is 14.5 Å². The first-order chi connectivity index (χ1) is 27.0. The van der Waals surface area contributed by atoms with Gasteiger partial charge in [-0.15, -0.1) is 11.3 Å². The zero-order valence-electron chi connectivity index (χ0n) is 31.2. The quantitative estimate of drug-likeness (QED) is 0.112. The Morgan fingerprint density at radius 2 is 1.86 bits per heavy atom. The van der Waals surface area contributed by atoms with Gasteiger partial charge >= 0.3 is 13.5 Å². The van der Waals surface area contributed by atoms with Crippen LogP contribution in [-0.4, -0.2) is 82.3 Å². The average molecular weight is 806 g/mol. The van der Waals surface area contributed by atoms with Crippen LogP contribution in [0.2, 0.25) is 0 Å². The second kappa shape index (κ2) is 15.7. The first-order valence-electron chi connectivity index (χ1n) is 19.3. The van der Waals surface area contributed by atoms with E-state index in [-0.39, 0.29) is 41.7 Å². The van der Waals surface area contributed by atoms with E-state index in [1.54, 1.807) is 58.5 Å². The Balaban J connectivity index is 0.980. The number of nitrogens with one attached hydrogen (secondary N) is 2. The van der Waals surface area contributed by atoms with Gasteiger partial charge < -0.3 is 28.8 Å². The van der Waals surface area contributed by atoms with E-state index in [0.717, 1.165) is 19.3 Å². The van der Waals surface area contributed by atoms with Gasteiger partial charge in [0, 0.05) is 23.8 Å². The topological polar surface area (TPSA) is 160 Å². The van der Waals surface area contributed by atoms with Crippen molar-refractivity contribution in [3.8, 4) is 5.75 Å². The first-order valence-corrected chi connectivity index (χ1v) is 21.8. The lowest BCUT2D eigenvalue weighted by atomic mass is 9.97. The molecule has 3 aliphatic heterocycles. The second-order valence-electron chi connectivity index (χ2n) is 15.3. The number of fused-ring (bicyclic) bond motifs is 3. The highest BCUT2D eigenvalue weighted by Gasteiger charge is 2.53. The molecule has 1 saturated carbocycles. The summed E-state index contributed by atoms with van der Waals surface area (Å²) in [5.41, 5.74) is 0.0304. The second-order valence-corrected chi connectivity index (χ2v) is 18.5. The molecule has 4 fully saturated rings. The largest absolute Gasteiger partial charge is 0.465 e. The number of rotatable bonds is 13. The summed E-state index contributed by atoms with van der Waals surface area (Å²) in [7, 11) is -4.44. The van der Waals surface area contributed by atoms with E-state index >= 15 is 4.39 Å². The Bertz CT molecular complexity index is 2150. The summed E-state index contributed by atoms with van der Waals surface area (Å²) in [6, 6.07) is 11.9. The summed E-state index contributed by atoms with van der Waals surface area (Å²) in [6.07, 6.45) is 7.40. The maximum absolute atomic E-state index is 16.5. The summed E-state index contributed by atoms with van der Waals surface area (Å²) in [4.78, 5) is 62.5. The van der Waals surface area contributed by atoms with E-state index in [4.69, 9.17) is 13.7 Å². The smallest absolute Gasteiger partial charge is 0.355 e. The minimum absolute atomic E-state index is 0.0304. The number of ether oxygens (including phenoxy) is 1. The number of para-hydroxylation sites is 1. The molecule has 4 aliphatic rings. The minimum Gasteiger partial charge on any atom is -0.465 e. The molecule has 56 heavy (non-hydrogen) atoms. The van der Waals surface area contributed by atoms with Crippen LogP contribution in [0.4, 0.5) is 4.39 Å². The summed E-state index contributed by atoms with van der Waals surface area (Å²) in [6.45, 7) is 4.43. The lowest BCUT2D eigenvalue weighted by molar-refractivity contribution is -0.150. The molecule has 4 aromatic rings. The third-order valence-electron chi connectivity index (χ3n) is 11.3. The highest BCUT2D eigenvalue weighted by molar-refractivity contribution is 7.57. The van der Waals surface area contributed by atoms with Crippen LogP contribution in [-0.2, 0) is 23.7 Å². The highest BCUT2D eigenvalue weighted by atomic mass is 32.1. The predicted molar refractivity (Wildman–Crippen MR) is 206 cm³/mol. The average Bonchev–Trinajstić information content (AvgIpc) is 3.56. The molecular weight excluding hydrogens is 761 g/mol. The van der Waals surface area contributed by atoms with Crippen molar-refractivity contribution in [1.29, 1.82) is 0 Å². The monoisotopic (exact) mass is 805 g/mol. The third kappa shape index (κ3) is 7.73. The lowest BCUT2D eigenvalue weighted by Crippen LogP contribution is -2.59. The minimum atomic E-state index is -4.44. The summed E-state index contributed by atoms with van der Waals surface area (Å²) in [5.74, 6) is -2.01. The van der Waals surface area contributed by atoms with E-state index in [1.165, 1.54) is 36.7 Å². The Labute approximate surface area is 327 Å². The number of carbonyl (C=O) groups is 4. The molecule has 0 bridgehead atoms. The number of benzene rings is 2. The van der Waals surface area contributed by atoms with Gasteiger partial charge in [0.2, 0.25) is 23.6 Å². The summed E-state index contributed by atoms with van der Waals surface area (Å²) >= 11 is 1.20. The molecule has 3 amide bonds. The number of thiophene rings is 1. The van der Waals surface area contributed by atoms with Crippen LogP contribution in [0.5, 0.6) is 5.75 Å². The number of likely N-dealkylation sites (tertiary alicyclic amines) is 1. The molecular formula is C40H45FN5O8PS. The fourth-order valence-electron chi connectivity index (χ4n) is 8.27. The third-order valence-corrected chi connectivity index (χ3v) is 14.6. The van der Waals surface area contributed by atoms with Crippen molar-refractivity contribution in [2.24, 2.45) is 11.8 Å². The van der Waals surface area contributed by atoms with Gasteiger partial charge in [-0.1, -0.05) is 31.2 Å². The van der Waals surface area contributed by atoms with E-state index in [2.05, 4.69) is 15.4 Å². The zero-order chi connectivity index (χ0) is 39.1. The van der Waals surface area contributed by atoms with Crippen LogP contribution >= 0.6 is 18.9 Å². The number of hydrogen-bond acceptors (Lipinski definition) is 10. The molecule has 16 heteroatoms. The van der Waals surface area contributed by atoms with Gasteiger partial charge in [0.25, 0.3) is 5.91 Å². The molecule has 2 aromatic heterocycles. The fourth-order valence-corrected chi connectivity index (χ4v) is 11.1. The van der Waals surface area contributed by atoms with Crippen LogP contribution in [0.25, 0.3) is 10.1 Å². The van der Waals surface area contributed by atoms with Crippen LogP contribution in [0, 0.1) is 11.8 Å². The van der Waals surface area contributed by atoms with Gasteiger partial charge in [-0.3, -0.25) is 23.7 Å². The number of amides is 3. The standard InChI is InChI=1S/C40H45FN5O8PS/c1-3-14-53-40(50)23(2)44-55(51,54-30-7-5-4-6-8-30)35(41)24-9-12-33-27(16-24)20-34(56-33)36(47)43-31-19-26-17-25(26)18-29-10-11-32(46(29)38(31)48)39(49)45-21-28(22-45)37-42-13-15-52-37/h4-9,12-13,15-16,20,23,25-26,28-29,31-32,35H,3,10-11,14,17-19,21-22H2,1-2H3,(H,43,47)(H,44,51)/t23-,25+,26-,29+,31-,32-,35?,55?/m0/s1. The van der Waals surface area contributed by atoms with Gasteiger partial charge in [-0.05, 0) is 98.6 Å². The Hall–Kier alpha value is -4.59. The SMILES string of the molecule is CCCOC(=O)[C@H](C)NP(=O)(Oc1ccccc1)C(F)c1ccc2sc(C(=O)N[C@H]3C[C@@H]4C[C@@H]4C[C@H]4CC[C@@H](C(=O)N5CC(c6ncco6)C5)N4C3=O)cc2c1. The Kier molecular flexibility index (Phi) is 10.8. The van der Waals surface area contributed by atoms with Crippen molar-refractivity contribution in [1.82, 2.24) is 25.2 Å². The normalized spacial score (nSPS) is 25.5. The van der Waals surface area contributed by atoms with Crippen LogP contribution < -0.4 is 14.9 Å². The number of carbonyl (C=O) groups excluding carboxylic acids is 4. The number of oxazole rings is 1. The first kappa shape index (κ1) is 38.3. The molecule has 8 rings (SSSR count). The lowest BCUT2D eigenvalue weighted by Gasteiger charge is -2.42. The summed E-state index contributed by atoms with van der Waals surface area (Å²) < 4.78 is 47.8. The summed E-state index contributed by atoms with van der Waals surface area (Å²) in [5, 5.41) is 6.13. The Morgan fingerprint density at radius 1 is 1.07 bits per heavy atom. The maximum atomic E-state index is 16.5.